The smallest absolute Gasteiger partial charge is 0.0703 e. The minimum atomic E-state index is 0.0258. The van der Waals surface area contributed by atoms with Crippen molar-refractivity contribution in [2.75, 3.05) is 5.32 Å². The fourth-order valence-electron chi connectivity index (χ4n) is 1.59. The topological polar surface area (TPSA) is 50.1 Å². The van der Waals surface area contributed by atoms with E-state index in [4.69, 9.17) is 5.11 Å². The maximum Gasteiger partial charge on any atom is 0.0703 e. The van der Waals surface area contributed by atoms with Crippen molar-refractivity contribution in [1.82, 2.24) is 9.55 Å². The first kappa shape index (κ1) is 10.7. The average molecular weight is 217 g/mol. The highest BCUT2D eigenvalue weighted by Crippen LogP contribution is 2.14. The fourth-order valence-corrected chi connectivity index (χ4v) is 1.59. The van der Waals surface area contributed by atoms with Crippen LogP contribution in [0.3, 0.4) is 0 Å². The molecule has 0 aliphatic heterocycles. The molecule has 0 saturated heterocycles. The number of aliphatic hydroxyl groups excluding tert-OH is 1. The number of aromatic nitrogens is 2. The van der Waals surface area contributed by atoms with Gasteiger partial charge in [-0.25, -0.2) is 0 Å². The van der Waals surface area contributed by atoms with Crippen molar-refractivity contribution >= 4 is 5.69 Å². The number of nitrogens with zero attached hydrogens (tertiary/aromatic N) is 2. The molecule has 0 spiro atoms. The van der Waals surface area contributed by atoms with Crippen molar-refractivity contribution in [2.24, 2.45) is 7.05 Å². The highest BCUT2D eigenvalue weighted by atomic mass is 16.3. The fraction of sp³-hybridized carbons (Fsp3) is 0.250. The van der Waals surface area contributed by atoms with Crippen LogP contribution < -0.4 is 5.32 Å². The van der Waals surface area contributed by atoms with E-state index in [0.29, 0.717) is 0 Å². The van der Waals surface area contributed by atoms with Gasteiger partial charge in [0.1, 0.15) is 0 Å². The summed E-state index contributed by atoms with van der Waals surface area (Å²) < 4.78 is 2.06. The summed E-state index contributed by atoms with van der Waals surface area (Å²) >= 11 is 0. The van der Waals surface area contributed by atoms with Gasteiger partial charge in [-0.3, -0.25) is 4.98 Å². The first-order chi connectivity index (χ1) is 7.81. The van der Waals surface area contributed by atoms with Gasteiger partial charge in [0.05, 0.1) is 25.0 Å². The Kier molecular flexibility index (Phi) is 3.22. The molecule has 0 atom stereocenters. The lowest BCUT2D eigenvalue weighted by Gasteiger charge is -2.10. The van der Waals surface area contributed by atoms with Crippen molar-refractivity contribution in [3.63, 3.8) is 0 Å². The molecule has 84 valence electrons. The highest BCUT2D eigenvalue weighted by molar-refractivity contribution is 5.48. The maximum absolute atomic E-state index is 9.16. The van der Waals surface area contributed by atoms with Crippen molar-refractivity contribution in [3.8, 4) is 0 Å². The van der Waals surface area contributed by atoms with Crippen LogP contribution in [-0.4, -0.2) is 14.7 Å². The zero-order valence-corrected chi connectivity index (χ0v) is 9.22. The summed E-state index contributed by atoms with van der Waals surface area (Å²) in [4.78, 5) is 4.04. The van der Waals surface area contributed by atoms with Gasteiger partial charge in [-0.05, 0) is 18.2 Å². The minimum absolute atomic E-state index is 0.0258. The predicted molar refractivity (Wildman–Crippen MR) is 62.9 cm³/mol. The lowest BCUT2D eigenvalue weighted by molar-refractivity contribution is 0.282. The maximum atomic E-state index is 9.16. The van der Waals surface area contributed by atoms with Gasteiger partial charge < -0.3 is 15.0 Å². The molecule has 0 amide bonds. The lowest BCUT2D eigenvalue weighted by Crippen LogP contribution is -2.06. The second-order valence-electron chi connectivity index (χ2n) is 3.65. The van der Waals surface area contributed by atoms with Gasteiger partial charge in [-0.2, -0.15) is 0 Å². The number of anilines is 1. The molecule has 2 rings (SSSR count). The molecule has 0 bridgehead atoms. The van der Waals surface area contributed by atoms with E-state index in [1.165, 1.54) is 5.69 Å². The van der Waals surface area contributed by atoms with Crippen LogP contribution in [-0.2, 0) is 20.2 Å². The van der Waals surface area contributed by atoms with Crippen molar-refractivity contribution in [3.05, 3.63) is 48.0 Å². The number of rotatable bonds is 4. The van der Waals surface area contributed by atoms with Crippen LogP contribution in [0.25, 0.3) is 0 Å². The molecule has 2 aromatic heterocycles. The molecule has 0 aromatic carbocycles. The normalized spacial score (nSPS) is 10.4. The summed E-state index contributed by atoms with van der Waals surface area (Å²) in [5.41, 5.74) is 2.93. The Morgan fingerprint density at radius 3 is 3.00 bits per heavy atom. The van der Waals surface area contributed by atoms with Crippen LogP contribution in [0, 0.1) is 0 Å². The van der Waals surface area contributed by atoms with E-state index in [2.05, 4.69) is 20.9 Å². The van der Waals surface area contributed by atoms with Gasteiger partial charge in [-0.1, -0.05) is 0 Å². The van der Waals surface area contributed by atoms with E-state index in [1.807, 2.05) is 25.4 Å². The molecule has 2 N–H and O–H groups in total. The van der Waals surface area contributed by atoms with Gasteiger partial charge in [0.25, 0.3) is 0 Å². The molecule has 0 saturated carbocycles. The largest absolute Gasteiger partial charge is 0.392 e. The molecule has 0 radical (unpaired) electrons. The Labute approximate surface area is 94.6 Å². The first-order valence-electron chi connectivity index (χ1n) is 5.19. The zero-order valence-electron chi connectivity index (χ0n) is 9.22. The molecule has 4 nitrogen and oxygen atoms in total. The van der Waals surface area contributed by atoms with Gasteiger partial charge in [0.15, 0.2) is 0 Å². The van der Waals surface area contributed by atoms with E-state index >= 15 is 0 Å². The summed E-state index contributed by atoms with van der Waals surface area (Å²) in [5.74, 6) is 0. The third kappa shape index (κ3) is 2.23. The summed E-state index contributed by atoms with van der Waals surface area (Å²) in [6, 6.07) is 5.88. The minimum Gasteiger partial charge on any atom is -0.392 e. The Bertz CT molecular complexity index is 465. The zero-order chi connectivity index (χ0) is 11.4. The van der Waals surface area contributed by atoms with E-state index in [9.17, 15) is 0 Å². The summed E-state index contributed by atoms with van der Waals surface area (Å²) in [6.45, 7) is 0.750. The second-order valence-corrected chi connectivity index (χ2v) is 3.65. The van der Waals surface area contributed by atoms with Gasteiger partial charge in [0.2, 0.25) is 0 Å². The Morgan fingerprint density at radius 1 is 1.44 bits per heavy atom. The van der Waals surface area contributed by atoms with E-state index in [1.54, 1.807) is 12.4 Å². The van der Waals surface area contributed by atoms with E-state index in [-0.39, 0.29) is 6.61 Å². The van der Waals surface area contributed by atoms with Crippen LogP contribution in [0.15, 0.2) is 36.8 Å². The average Bonchev–Trinajstić information content (AvgIpc) is 2.72. The van der Waals surface area contributed by atoms with Gasteiger partial charge >= 0.3 is 0 Å². The summed E-state index contributed by atoms with van der Waals surface area (Å²) in [6.07, 6.45) is 5.42. The van der Waals surface area contributed by atoms with E-state index < -0.39 is 0 Å². The van der Waals surface area contributed by atoms with Crippen molar-refractivity contribution < 1.29 is 5.11 Å². The third-order valence-corrected chi connectivity index (χ3v) is 2.59. The molecule has 0 aliphatic carbocycles. The molecular formula is C12H15N3O. The van der Waals surface area contributed by atoms with Crippen molar-refractivity contribution in [2.45, 2.75) is 13.2 Å². The van der Waals surface area contributed by atoms with Crippen LogP contribution in [0.2, 0.25) is 0 Å². The molecule has 2 aromatic rings. The molecule has 16 heavy (non-hydrogen) atoms. The van der Waals surface area contributed by atoms with Crippen LogP contribution in [0.4, 0.5) is 5.69 Å². The molecule has 2 heterocycles. The molecule has 4 heteroatoms. The number of hydrogen-bond donors (Lipinski definition) is 2. The van der Waals surface area contributed by atoms with Crippen LogP contribution >= 0.6 is 0 Å². The van der Waals surface area contributed by atoms with Gasteiger partial charge in [-0.15, -0.1) is 0 Å². The number of aryl methyl sites for hydroxylation is 1. The first-order valence-corrected chi connectivity index (χ1v) is 5.19. The quantitative estimate of drug-likeness (QED) is 0.816. The van der Waals surface area contributed by atoms with Crippen molar-refractivity contribution in [1.29, 1.82) is 0 Å². The van der Waals surface area contributed by atoms with Crippen LogP contribution in [0.1, 0.15) is 11.3 Å². The Hall–Kier alpha value is -1.81. The number of aliphatic hydroxyl groups is 1. The molecule has 0 fully saturated rings. The number of nitrogens with one attached hydrogen (secondary N) is 1. The number of pyridine rings is 1. The third-order valence-electron chi connectivity index (χ3n) is 2.59. The van der Waals surface area contributed by atoms with Gasteiger partial charge in [0, 0.05) is 30.7 Å². The summed E-state index contributed by atoms with van der Waals surface area (Å²) in [5, 5.41) is 12.4. The molecular weight excluding hydrogens is 202 g/mol. The Balaban J connectivity index is 2.07. The molecule has 0 unspecified atom stereocenters. The summed E-state index contributed by atoms with van der Waals surface area (Å²) in [7, 11) is 2.01. The number of hydrogen-bond acceptors (Lipinski definition) is 3. The predicted octanol–water partition coefficient (Wildman–Crippen LogP) is 1.52. The second kappa shape index (κ2) is 4.81. The highest BCUT2D eigenvalue weighted by Gasteiger charge is 2.01. The standard InChI is InChI=1S/C12H15N3O/c1-15-6-2-3-11(15)7-14-12-8-13-5-4-10(12)9-16/h2-6,8,14,16H,7,9H2,1H3. The van der Waals surface area contributed by atoms with Crippen LogP contribution in [0.5, 0.6) is 0 Å². The molecule has 0 aliphatic rings. The SMILES string of the molecule is Cn1cccc1CNc1cnccc1CO. The lowest BCUT2D eigenvalue weighted by atomic mass is 10.2. The Morgan fingerprint density at radius 2 is 2.31 bits per heavy atom. The van der Waals surface area contributed by atoms with E-state index in [0.717, 1.165) is 17.8 Å². The monoisotopic (exact) mass is 217 g/mol.